The third-order valence-corrected chi connectivity index (χ3v) is 4.58. The lowest BCUT2D eigenvalue weighted by Crippen LogP contribution is -2.37. The summed E-state index contributed by atoms with van der Waals surface area (Å²) in [5.41, 5.74) is 0.0492. The van der Waals surface area contributed by atoms with Gasteiger partial charge in [0, 0.05) is 12.8 Å². The van der Waals surface area contributed by atoms with Crippen molar-refractivity contribution in [2.24, 2.45) is 5.10 Å². The van der Waals surface area contributed by atoms with Crippen LogP contribution >= 0.6 is 0 Å². The van der Waals surface area contributed by atoms with E-state index in [2.05, 4.69) is 10.4 Å². The number of nitro groups is 1. The Morgan fingerprint density at radius 3 is 2.56 bits per heavy atom. The van der Waals surface area contributed by atoms with Crippen molar-refractivity contribution in [3.05, 3.63) is 58.6 Å². The van der Waals surface area contributed by atoms with Gasteiger partial charge in [-0.3, -0.25) is 19.7 Å². The highest BCUT2D eigenvalue weighted by atomic mass is 16.6. The van der Waals surface area contributed by atoms with Crippen LogP contribution in [-0.2, 0) is 19.1 Å². The number of hydrogen-bond donors (Lipinski definition) is 1. The third kappa shape index (κ3) is 5.06. The van der Waals surface area contributed by atoms with Crippen molar-refractivity contribution in [2.75, 3.05) is 17.4 Å². The smallest absolute Gasteiger partial charge is 0.355 e. The number of anilines is 2. The number of carbonyl (C=O) groups is 3. The number of amides is 2. The molecule has 1 heterocycles. The molecule has 2 aromatic carbocycles. The summed E-state index contributed by atoms with van der Waals surface area (Å²) in [7, 11) is 1.36. The van der Waals surface area contributed by atoms with Gasteiger partial charge in [-0.2, -0.15) is 5.10 Å². The summed E-state index contributed by atoms with van der Waals surface area (Å²) >= 11 is 0. The first-order valence-corrected chi connectivity index (χ1v) is 9.60. The minimum atomic E-state index is -1.27. The maximum atomic E-state index is 12.5. The normalized spacial score (nSPS) is 14.2. The molecule has 32 heavy (non-hydrogen) atoms. The molecule has 0 radical (unpaired) electrons. The minimum Gasteiger partial charge on any atom is -0.496 e. The molecule has 3 rings (SSSR count). The molecular formula is C21H20N4O7. The molecule has 1 N–H and O–H groups in total. The van der Waals surface area contributed by atoms with Crippen LogP contribution < -0.4 is 15.1 Å². The van der Waals surface area contributed by atoms with E-state index in [0.29, 0.717) is 5.69 Å². The summed E-state index contributed by atoms with van der Waals surface area (Å²) in [5, 5.41) is 18.8. The zero-order valence-corrected chi connectivity index (χ0v) is 17.3. The Hall–Kier alpha value is -4.28. The molecule has 0 saturated carbocycles. The van der Waals surface area contributed by atoms with E-state index < -0.39 is 22.9 Å². The maximum Gasteiger partial charge on any atom is 0.355 e. The van der Waals surface area contributed by atoms with Gasteiger partial charge in [-0.25, -0.2) is 9.80 Å². The Morgan fingerprint density at radius 2 is 1.91 bits per heavy atom. The molecule has 0 aromatic heterocycles. The van der Waals surface area contributed by atoms with Gasteiger partial charge in [-0.1, -0.05) is 18.2 Å². The number of carbonyl (C=O) groups excluding carboxylic acids is 3. The fourth-order valence-corrected chi connectivity index (χ4v) is 2.88. The fraction of sp³-hybridized carbons (Fsp3) is 0.238. The van der Waals surface area contributed by atoms with Crippen LogP contribution in [0, 0.1) is 10.1 Å². The SMILES string of the molecule is COc1ccc(NC(=O)C(C)OC(=O)C2=NN(c3ccccc3)C(=O)CC2)c([N+](=O)[O-])c1. The number of nitrogens with one attached hydrogen (secondary N) is 1. The zero-order chi connectivity index (χ0) is 23.3. The van der Waals surface area contributed by atoms with E-state index in [4.69, 9.17) is 9.47 Å². The molecule has 2 amide bonds. The number of esters is 1. The highest BCUT2D eigenvalue weighted by Crippen LogP contribution is 2.29. The van der Waals surface area contributed by atoms with Crippen molar-refractivity contribution in [3.63, 3.8) is 0 Å². The van der Waals surface area contributed by atoms with Crippen LogP contribution in [-0.4, -0.2) is 41.6 Å². The third-order valence-electron chi connectivity index (χ3n) is 4.58. The van der Waals surface area contributed by atoms with Gasteiger partial charge in [0.25, 0.3) is 11.6 Å². The largest absolute Gasteiger partial charge is 0.496 e. The van der Waals surface area contributed by atoms with E-state index in [-0.39, 0.29) is 41.6 Å². The van der Waals surface area contributed by atoms with E-state index in [1.54, 1.807) is 30.3 Å². The Bertz CT molecular complexity index is 1080. The lowest BCUT2D eigenvalue weighted by Gasteiger charge is -2.23. The number of nitro benzene ring substituents is 1. The number of nitrogens with zero attached hydrogens (tertiary/aromatic N) is 3. The van der Waals surface area contributed by atoms with Gasteiger partial charge < -0.3 is 14.8 Å². The fourth-order valence-electron chi connectivity index (χ4n) is 2.88. The van der Waals surface area contributed by atoms with Crippen molar-refractivity contribution in [1.29, 1.82) is 0 Å². The molecule has 1 unspecified atom stereocenters. The Morgan fingerprint density at radius 1 is 1.19 bits per heavy atom. The van der Waals surface area contributed by atoms with Gasteiger partial charge in [-0.15, -0.1) is 0 Å². The van der Waals surface area contributed by atoms with Crippen LogP contribution in [0.4, 0.5) is 17.1 Å². The summed E-state index contributed by atoms with van der Waals surface area (Å²) < 4.78 is 10.1. The number of benzene rings is 2. The molecule has 11 heteroatoms. The summed E-state index contributed by atoms with van der Waals surface area (Å²) in [6.45, 7) is 1.33. The van der Waals surface area contributed by atoms with Crippen molar-refractivity contribution in [2.45, 2.75) is 25.9 Å². The molecule has 0 bridgehead atoms. The Labute approximate surface area is 182 Å². The van der Waals surface area contributed by atoms with Crippen molar-refractivity contribution in [3.8, 4) is 5.75 Å². The van der Waals surface area contributed by atoms with Crippen molar-refractivity contribution >= 4 is 40.6 Å². The van der Waals surface area contributed by atoms with Crippen LogP contribution in [0.15, 0.2) is 53.6 Å². The number of methoxy groups -OCH3 is 1. The molecular weight excluding hydrogens is 420 g/mol. The predicted octanol–water partition coefficient (Wildman–Crippen LogP) is 2.66. The number of hydrazone groups is 1. The van der Waals surface area contributed by atoms with Crippen LogP contribution in [0.5, 0.6) is 5.75 Å². The van der Waals surface area contributed by atoms with E-state index in [1.165, 1.54) is 26.2 Å². The molecule has 0 fully saturated rings. The second kappa shape index (κ2) is 9.69. The molecule has 1 atom stereocenters. The molecule has 1 aliphatic heterocycles. The summed E-state index contributed by atoms with van der Waals surface area (Å²) in [4.78, 5) is 47.7. The van der Waals surface area contributed by atoms with Crippen LogP contribution in [0.1, 0.15) is 19.8 Å². The van der Waals surface area contributed by atoms with Crippen LogP contribution in [0.3, 0.4) is 0 Å². The van der Waals surface area contributed by atoms with E-state index >= 15 is 0 Å². The Balaban J connectivity index is 1.70. The first kappa shape index (κ1) is 22.4. The molecule has 1 aliphatic rings. The second-order valence-corrected chi connectivity index (χ2v) is 6.76. The number of hydrogen-bond acceptors (Lipinski definition) is 8. The zero-order valence-electron chi connectivity index (χ0n) is 17.3. The van der Waals surface area contributed by atoms with E-state index in [0.717, 1.165) is 11.1 Å². The minimum absolute atomic E-state index is 0.0106. The van der Waals surface area contributed by atoms with Gasteiger partial charge in [0.1, 0.15) is 17.1 Å². The first-order valence-electron chi connectivity index (χ1n) is 9.60. The molecule has 11 nitrogen and oxygen atoms in total. The van der Waals surface area contributed by atoms with Gasteiger partial charge >= 0.3 is 5.97 Å². The van der Waals surface area contributed by atoms with Gasteiger partial charge in [0.05, 0.1) is 23.8 Å². The molecule has 0 spiro atoms. The van der Waals surface area contributed by atoms with Crippen molar-refractivity contribution < 1.29 is 28.8 Å². The number of rotatable bonds is 7. The summed E-state index contributed by atoms with van der Waals surface area (Å²) in [5.74, 6) is -1.64. The highest BCUT2D eigenvalue weighted by molar-refractivity contribution is 6.38. The van der Waals surface area contributed by atoms with Crippen LogP contribution in [0.2, 0.25) is 0 Å². The lowest BCUT2D eigenvalue weighted by atomic mass is 10.1. The standard InChI is InChI=1S/C21H20N4O7/c1-13(20(27)22-16-9-8-15(31-2)12-18(16)25(29)30)32-21(28)17-10-11-19(26)24(23-17)14-6-4-3-5-7-14/h3-9,12-13H,10-11H2,1-2H3,(H,22,27). The van der Waals surface area contributed by atoms with Gasteiger partial charge in [0.2, 0.25) is 5.91 Å². The summed E-state index contributed by atoms with van der Waals surface area (Å²) in [6, 6.07) is 12.5. The molecule has 2 aromatic rings. The van der Waals surface area contributed by atoms with Gasteiger partial charge in [-0.05, 0) is 31.2 Å². The predicted molar refractivity (Wildman–Crippen MR) is 114 cm³/mol. The average molecular weight is 440 g/mol. The number of ether oxygens (including phenoxy) is 2. The molecule has 0 saturated heterocycles. The lowest BCUT2D eigenvalue weighted by molar-refractivity contribution is -0.384. The van der Waals surface area contributed by atoms with Gasteiger partial charge in [0.15, 0.2) is 6.10 Å². The molecule has 166 valence electrons. The van der Waals surface area contributed by atoms with E-state index in [1.807, 2.05) is 0 Å². The van der Waals surface area contributed by atoms with Crippen molar-refractivity contribution in [1.82, 2.24) is 0 Å². The second-order valence-electron chi connectivity index (χ2n) is 6.76. The highest BCUT2D eigenvalue weighted by Gasteiger charge is 2.29. The van der Waals surface area contributed by atoms with Crippen LogP contribution in [0.25, 0.3) is 0 Å². The first-order chi connectivity index (χ1) is 15.3. The summed E-state index contributed by atoms with van der Waals surface area (Å²) in [6.07, 6.45) is -1.14. The monoisotopic (exact) mass is 440 g/mol. The maximum absolute atomic E-state index is 12.5. The quantitative estimate of drug-likeness (QED) is 0.396. The number of para-hydroxylation sites is 1. The average Bonchev–Trinajstić information content (AvgIpc) is 2.79. The molecule has 0 aliphatic carbocycles. The topological polar surface area (TPSA) is 140 Å². The van der Waals surface area contributed by atoms with E-state index in [9.17, 15) is 24.5 Å². The Kier molecular flexibility index (Phi) is 6.78.